The van der Waals surface area contributed by atoms with E-state index in [0.29, 0.717) is 43.9 Å². The van der Waals surface area contributed by atoms with Gasteiger partial charge in [0.2, 0.25) is 17.7 Å². The first-order valence-electron chi connectivity index (χ1n) is 23.0. The molecule has 1 aliphatic carbocycles. The Morgan fingerprint density at radius 1 is 1.11 bits per heavy atom. The van der Waals surface area contributed by atoms with Gasteiger partial charge in [-0.1, -0.05) is 32.8 Å². The molecule has 6 bridgehead atoms. The van der Waals surface area contributed by atoms with Crippen LogP contribution in [0.4, 0.5) is 0 Å². The van der Waals surface area contributed by atoms with E-state index in [-0.39, 0.29) is 49.5 Å². The molecular formula is C48H63N9O7S. The highest BCUT2D eigenvalue weighted by Crippen LogP contribution is 2.42. The number of hydrazine groups is 1. The lowest BCUT2D eigenvalue weighted by molar-refractivity contribution is -0.155. The lowest BCUT2D eigenvalue weighted by Crippen LogP contribution is -2.62. The van der Waals surface area contributed by atoms with Crippen LogP contribution < -0.4 is 16.1 Å². The number of amides is 4. The first-order chi connectivity index (χ1) is 31.2. The molecule has 1 unspecified atom stereocenters. The van der Waals surface area contributed by atoms with Crippen LogP contribution in [0.3, 0.4) is 0 Å². The molecule has 3 aliphatic heterocycles. The molecule has 6 heterocycles. The number of cyclic esters (lactones) is 1. The van der Waals surface area contributed by atoms with Crippen molar-refractivity contribution in [3.8, 4) is 22.5 Å². The van der Waals surface area contributed by atoms with Crippen LogP contribution >= 0.6 is 11.3 Å². The van der Waals surface area contributed by atoms with Gasteiger partial charge >= 0.3 is 5.97 Å². The average Bonchev–Trinajstić information content (AvgIpc) is 3.66. The predicted octanol–water partition coefficient (Wildman–Crippen LogP) is 4.65. The van der Waals surface area contributed by atoms with Crippen LogP contribution in [0.1, 0.15) is 88.6 Å². The summed E-state index contributed by atoms with van der Waals surface area (Å²) in [6, 6.07) is 7.43. The highest BCUT2D eigenvalue weighted by Gasteiger charge is 2.41. The fourth-order valence-electron chi connectivity index (χ4n) is 9.85. The van der Waals surface area contributed by atoms with Gasteiger partial charge in [0.05, 0.1) is 47.4 Å². The molecule has 5 atom stereocenters. The van der Waals surface area contributed by atoms with Gasteiger partial charge in [0.25, 0.3) is 5.91 Å². The van der Waals surface area contributed by atoms with Crippen molar-refractivity contribution in [2.24, 2.45) is 11.3 Å². The number of hydrogen-bond acceptors (Lipinski definition) is 12. The topological polar surface area (TPSA) is 190 Å². The molecule has 3 aromatic heterocycles. The maximum atomic E-state index is 14.7. The maximum absolute atomic E-state index is 14.7. The van der Waals surface area contributed by atoms with E-state index in [9.17, 15) is 24.0 Å². The fourth-order valence-corrected chi connectivity index (χ4v) is 10.7. The number of hydrogen-bond donors (Lipinski definition) is 3. The SMILES string of the molecule is CCn1c(-c2cccnc2[C@H](C)OC)c2c3cc(ccc31)-c1csc(n1)C[C@H](NC(=O)C(C1CCCC1)N(C)C(=O)CN(C)C(=O)[C@H]1CN1)C(=O)N1CCC[C@H](N1)C(=O)OCC(C)(C)C2. The number of nitrogens with one attached hydrogen (secondary N) is 3. The monoisotopic (exact) mass is 909 g/mol. The zero-order valence-electron chi connectivity index (χ0n) is 38.6. The molecule has 8 rings (SSSR count). The van der Waals surface area contributed by atoms with Crippen molar-refractivity contribution in [3.05, 3.63) is 58.2 Å². The summed E-state index contributed by atoms with van der Waals surface area (Å²) in [6.45, 7) is 9.89. The van der Waals surface area contributed by atoms with E-state index in [1.165, 1.54) is 26.1 Å². The molecular weight excluding hydrogens is 847 g/mol. The Hall–Kier alpha value is -5.23. The van der Waals surface area contributed by atoms with Crippen LogP contribution in [0.15, 0.2) is 41.9 Å². The van der Waals surface area contributed by atoms with Crippen LogP contribution in [0.25, 0.3) is 33.4 Å². The van der Waals surface area contributed by atoms with Crippen molar-refractivity contribution in [2.75, 3.05) is 47.4 Å². The molecule has 0 spiro atoms. The quantitative estimate of drug-likeness (QED) is 0.140. The minimum absolute atomic E-state index is 0.0860. The molecule has 3 N–H and O–H groups in total. The number of nitrogens with zero attached hydrogens (tertiary/aromatic N) is 6. The van der Waals surface area contributed by atoms with E-state index in [1.54, 1.807) is 27.4 Å². The number of rotatable bonds is 11. The zero-order chi connectivity index (χ0) is 46.2. The minimum Gasteiger partial charge on any atom is -0.464 e. The lowest BCUT2D eigenvalue weighted by atomic mass is 9.84. The number of carbonyl (C=O) groups is 5. The van der Waals surface area contributed by atoms with E-state index in [2.05, 4.69) is 65.7 Å². The number of carbonyl (C=O) groups excluding carboxylic acids is 5. The highest BCUT2D eigenvalue weighted by molar-refractivity contribution is 7.10. The van der Waals surface area contributed by atoms with Crippen molar-refractivity contribution in [3.63, 3.8) is 0 Å². The van der Waals surface area contributed by atoms with Crippen LogP contribution in [0, 0.1) is 11.3 Å². The molecule has 3 fully saturated rings. The third-order valence-electron chi connectivity index (χ3n) is 13.5. The number of ether oxygens (including phenoxy) is 2. The second-order valence-corrected chi connectivity index (χ2v) is 19.9. The van der Waals surface area contributed by atoms with E-state index in [1.807, 2.05) is 18.4 Å². The number of fused-ring (bicyclic) bond motifs is 6. The van der Waals surface area contributed by atoms with Crippen molar-refractivity contribution in [1.29, 1.82) is 0 Å². The van der Waals surface area contributed by atoms with Crippen LogP contribution in [0.2, 0.25) is 0 Å². The Morgan fingerprint density at radius 3 is 2.60 bits per heavy atom. The molecule has 1 aromatic carbocycles. The van der Waals surface area contributed by atoms with Gasteiger partial charge < -0.3 is 34.5 Å². The number of methoxy groups -OCH3 is 1. The number of aromatic nitrogens is 3. The van der Waals surface area contributed by atoms with Crippen molar-refractivity contribution in [2.45, 2.75) is 116 Å². The van der Waals surface area contributed by atoms with Gasteiger partial charge in [-0.25, -0.2) is 10.4 Å². The first kappa shape index (κ1) is 46.3. The van der Waals surface area contributed by atoms with Gasteiger partial charge in [0.1, 0.15) is 18.1 Å². The normalized spacial score (nSPS) is 22.2. The molecule has 4 aromatic rings. The lowest BCUT2D eigenvalue weighted by Gasteiger charge is -2.37. The summed E-state index contributed by atoms with van der Waals surface area (Å²) in [5.74, 6) is -1.95. The van der Waals surface area contributed by atoms with Gasteiger partial charge in [0.15, 0.2) is 0 Å². The fraction of sp³-hybridized carbons (Fsp3) is 0.562. The molecule has 348 valence electrons. The van der Waals surface area contributed by atoms with Gasteiger partial charge in [-0.3, -0.25) is 34.0 Å². The largest absolute Gasteiger partial charge is 0.464 e. The number of thiazole rings is 1. The summed E-state index contributed by atoms with van der Waals surface area (Å²) < 4.78 is 14.2. The molecule has 0 radical (unpaired) electrons. The van der Waals surface area contributed by atoms with E-state index in [0.717, 1.165) is 70.4 Å². The van der Waals surface area contributed by atoms with Gasteiger partial charge in [-0.2, -0.15) is 0 Å². The van der Waals surface area contributed by atoms with Gasteiger partial charge in [-0.15, -0.1) is 11.3 Å². The molecule has 2 saturated heterocycles. The average molecular weight is 910 g/mol. The van der Waals surface area contributed by atoms with Gasteiger partial charge in [0, 0.05) is 86.3 Å². The highest BCUT2D eigenvalue weighted by atomic mass is 32.1. The van der Waals surface area contributed by atoms with Crippen molar-refractivity contribution in [1.82, 2.24) is 45.4 Å². The Morgan fingerprint density at radius 2 is 1.88 bits per heavy atom. The third-order valence-corrected chi connectivity index (χ3v) is 14.4. The predicted molar refractivity (Wildman–Crippen MR) is 247 cm³/mol. The van der Waals surface area contributed by atoms with E-state index >= 15 is 0 Å². The van der Waals surface area contributed by atoms with E-state index in [4.69, 9.17) is 19.4 Å². The maximum Gasteiger partial charge on any atom is 0.324 e. The zero-order valence-corrected chi connectivity index (χ0v) is 39.5. The summed E-state index contributed by atoms with van der Waals surface area (Å²) in [7, 11) is 4.89. The van der Waals surface area contributed by atoms with Gasteiger partial charge in [-0.05, 0) is 81.7 Å². The Bertz CT molecular complexity index is 2440. The Kier molecular flexibility index (Phi) is 13.8. The Labute approximate surface area is 384 Å². The van der Waals surface area contributed by atoms with E-state index < -0.39 is 41.3 Å². The summed E-state index contributed by atoms with van der Waals surface area (Å²) in [5.41, 5.74) is 9.30. The minimum atomic E-state index is -1.07. The first-order valence-corrected chi connectivity index (χ1v) is 23.9. The standard InChI is InChI=1S/C48H63N9O7S/c1-8-56-38-18-17-30-21-32(38)33(43(56)31-15-11-19-49-41(31)28(2)63-7)23-48(3,4)27-64-47(62)34-16-12-20-57(53-34)46(61)35(22-39-51-37(30)26-65-39)52-44(59)42(29-13-9-10-14-29)55(6)40(58)25-54(5)45(60)36-24-50-36/h11,15,17-19,21,26,28-29,34-36,42,50,53H,8-10,12-14,16,20,22-25,27H2,1-7H3,(H,52,59)/t28-,34-,35-,36+,42?/m0/s1. The molecule has 1 saturated carbocycles. The molecule has 4 aliphatic rings. The van der Waals surface area contributed by atoms with Crippen molar-refractivity contribution < 1.29 is 33.4 Å². The molecule has 4 amide bonds. The molecule has 16 nitrogen and oxygen atoms in total. The molecule has 65 heavy (non-hydrogen) atoms. The molecule has 17 heteroatoms. The van der Waals surface area contributed by atoms with Crippen LogP contribution in [-0.4, -0.2) is 131 Å². The summed E-state index contributed by atoms with van der Waals surface area (Å²) in [4.78, 5) is 82.4. The number of aryl methyl sites for hydroxylation is 1. The summed E-state index contributed by atoms with van der Waals surface area (Å²) in [5, 5.41) is 11.2. The number of pyridine rings is 1. The Balaban J connectivity index is 1.17. The van der Waals surface area contributed by atoms with Crippen molar-refractivity contribution >= 4 is 51.8 Å². The summed E-state index contributed by atoms with van der Waals surface area (Å²) in [6.07, 6.45) is 6.58. The number of benzene rings is 1. The number of esters is 1. The smallest absolute Gasteiger partial charge is 0.324 e. The second kappa shape index (κ2) is 19.3. The second-order valence-electron chi connectivity index (χ2n) is 18.9. The third kappa shape index (κ3) is 9.84. The number of likely N-dealkylation sites (N-methyl/N-ethyl adjacent to an activating group) is 2. The summed E-state index contributed by atoms with van der Waals surface area (Å²) >= 11 is 1.42. The van der Waals surface area contributed by atoms with Crippen LogP contribution in [0.5, 0.6) is 0 Å². The van der Waals surface area contributed by atoms with Crippen LogP contribution in [-0.2, 0) is 52.8 Å².